The molecule has 4 aliphatic rings. The summed E-state index contributed by atoms with van der Waals surface area (Å²) in [5, 5.41) is 14.6. The molecule has 5 heterocycles. The van der Waals surface area contributed by atoms with Crippen LogP contribution >= 0.6 is 11.8 Å². The molecule has 8 heteroatoms. The zero-order chi connectivity index (χ0) is 23.8. The molecule has 1 saturated carbocycles. The number of fused-ring (bicyclic) bond motifs is 5. The Bertz CT molecular complexity index is 1290. The average Bonchev–Trinajstić information content (AvgIpc) is 3.38. The standard InChI is InChI=1S/C27H29N5O2S/c1-33-21-4-5-24-23(10-21)22(18(11-28)12-30-24)6-7-32-15-17-2-3-20(32)9-25(17)31-13-19-8-27-26(14-29-19)34-16-35-27/h4-5,8,10,12,14,17,20,25,31H,2-3,6-7,9,13,15-16H2,1H3/p+1/t17-,20?,25?/m0/s1. The highest BCUT2D eigenvalue weighted by atomic mass is 32.2. The van der Waals surface area contributed by atoms with Crippen LogP contribution < -0.4 is 19.7 Å². The second kappa shape index (κ2) is 9.65. The van der Waals surface area contributed by atoms with Crippen LogP contribution in [0.4, 0.5) is 0 Å². The smallest absolute Gasteiger partial charge is 0.152 e. The number of aromatic nitrogens is 2. The van der Waals surface area contributed by atoms with E-state index in [1.807, 2.05) is 24.4 Å². The van der Waals surface area contributed by atoms with Crippen molar-refractivity contribution >= 4 is 22.7 Å². The van der Waals surface area contributed by atoms with Crippen molar-refractivity contribution in [2.24, 2.45) is 5.92 Å². The van der Waals surface area contributed by atoms with E-state index < -0.39 is 0 Å². The van der Waals surface area contributed by atoms with Crippen molar-refractivity contribution in [2.45, 2.75) is 49.2 Å². The molecule has 2 N–H and O–H groups in total. The summed E-state index contributed by atoms with van der Waals surface area (Å²) in [6.07, 6.45) is 8.26. The van der Waals surface area contributed by atoms with E-state index in [0.717, 1.165) is 53.2 Å². The summed E-state index contributed by atoms with van der Waals surface area (Å²) in [7, 11) is 1.68. The lowest BCUT2D eigenvalue weighted by atomic mass is 9.76. The molecule has 2 saturated heterocycles. The maximum Gasteiger partial charge on any atom is 0.152 e. The zero-order valence-corrected chi connectivity index (χ0v) is 20.7. The molecule has 1 aromatic carbocycles. The molecule has 2 bridgehead atoms. The third-order valence-electron chi connectivity index (χ3n) is 7.96. The summed E-state index contributed by atoms with van der Waals surface area (Å²) in [6.45, 7) is 3.05. The van der Waals surface area contributed by atoms with E-state index in [2.05, 4.69) is 27.4 Å². The van der Waals surface area contributed by atoms with Gasteiger partial charge in [-0.15, -0.1) is 0 Å². The number of rotatable bonds is 7. The fourth-order valence-corrected chi connectivity index (χ4v) is 6.87. The van der Waals surface area contributed by atoms with Crippen LogP contribution in [0.5, 0.6) is 11.5 Å². The van der Waals surface area contributed by atoms with Gasteiger partial charge in [-0.05, 0) is 42.7 Å². The second-order valence-corrected chi connectivity index (χ2v) is 10.8. The molecule has 0 radical (unpaired) electrons. The Morgan fingerprint density at radius 2 is 2.20 bits per heavy atom. The first-order valence-corrected chi connectivity index (χ1v) is 13.4. The Kier molecular flexibility index (Phi) is 6.23. The van der Waals surface area contributed by atoms with Gasteiger partial charge in [-0.25, -0.2) is 0 Å². The Morgan fingerprint density at radius 3 is 3.03 bits per heavy atom. The molecular weight excluding hydrogens is 458 g/mol. The van der Waals surface area contributed by atoms with Crippen molar-refractivity contribution in [1.82, 2.24) is 15.3 Å². The minimum absolute atomic E-state index is 0.553. The minimum atomic E-state index is 0.553. The normalized spacial score (nSPS) is 24.7. The summed E-state index contributed by atoms with van der Waals surface area (Å²) in [6, 6.07) is 11.7. The van der Waals surface area contributed by atoms with Gasteiger partial charge in [0.1, 0.15) is 17.8 Å². The first kappa shape index (κ1) is 22.6. The molecule has 7 nitrogen and oxygen atoms in total. The first-order valence-electron chi connectivity index (χ1n) is 12.4. The van der Waals surface area contributed by atoms with Gasteiger partial charge in [0.2, 0.25) is 0 Å². The molecule has 2 aromatic heterocycles. The monoisotopic (exact) mass is 488 g/mol. The number of thioether (sulfide) groups is 1. The van der Waals surface area contributed by atoms with Gasteiger partial charge in [0.05, 0.1) is 54.1 Å². The van der Waals surface area contributed by atoms with Gasteiger partial charge in [-0.3, -0.25) is 9.97 Å². The predicted molar refractivity (Wildman–Crippen MR) is 135 cm³/mol. The lowest BCUT2D eigenvalue weighted by Crippen LogP contribution is -3.19. The van der Waals surface area contributed by atoms with Crippen molar-refractivity contribution in [3.63, 3.8) is 0 Å². The summed E-state index contributed by atoms with van der Waals surface area (Å²) in [5.41, 5.74) is 3.79. The minimum Gasteiger partial charge on any atom is -0.497 e. The van der Waals surface area contributed by atoms with Gasteiger partial charge < -0.3 is 19.7 Å². The highest BCUT2D eigenvalue weighted by Crippen LogP contribution is 2.35. The van der Waals surface area contributed by atoms with Crippen molar-refractivity contribution in [2.75, 3.05) is 26.1 Å². The van der Waals surface area contributed by atoms with Crippen LogP contribution in [0.1, 0.15) is 36.1 Å². The SMILES string of the molecule is COc1ccc2ncc(C#N)c(CC[NH+]3C[C@@H]4CCC3CC4NCc3cc4c(cn3)OCS4)c2c1. The van der Waals surface area contributed by atoms with Crippen LogP contribution in [0.15, 0.2) is 41.6 Å². The molecule has 3 fully saturated rings. The first-order chi connectivity index (χ1) is 17.2. The quantitative estimate of drug-likeness (QED) is 0.529. The van der Waals surface area contributed by atoms with E-state index in [0.29, 0.717) is 29.5 Å². The van der Waals surface area contributed by atoms with Crippen molar-refractivity contribution < 1.29 is 14.4 Å². The molecule has 35 heavy (non-hydrogen) atoms. The summed E-state index contributed by atoms with van der Waals surface area (Å²) < 4.78 is 11.0. The molecule has 0 spiro atoms. The molecule has 1 aliphatic carbocycles. The summed E-state index contributed by atoms with van der Waals surface area (Å²) in [5.74, 6) is 3.09. The Hall–Kier alpha value is -2.86. The highest BCUT2D eigenvalue weighted by molar-refractivity contribution is 7.99. The molecule has 4 atom stereocenters. The molecular formula is C27H30N5O2S+. The number of methoxy groups -OCH3 is 1. The number of hydrogen-bond acceptors (Lipinski definition) is 7. The Balaban J connectivity index is 1.11. The fourth-order valence-electron chi connectivity index (χ4n) is 6.09. The van der Waals surface area contributed by atoms with Crippen LogP contribution in [-0.4, -0.2) is 48.2 Å². The third-order valence-corrected chi connectivity index (χ3v) is 8.83. The van der Waals surface area contributed by atoms with E-state index >= 15 is 0 Å². The lowest BCUT2D eigenvalue weighted by molar-refractivity contribution is -0.940. The topological polar surface area (TPSA) is 84.5 Å². The van der Waals surface area contributed by atoms with Crippen molar-refractivity contribution in [1.29, 1.82) is 5.26 Å². The predicted octanol–water partition coefficient (Wildman–Crippen LogP) is 2.72. The lowest BCUT2D eigenvalue weighted by Gasteiger charge is -2.47. The fraction of sp³-hybridized carbons (Fsp3) is 0.444. The van der Waals surface area contributed by atoms with E-state index in [1.165, 1.54) is 30.7 Å². The van der Waals surface area contributed by atoms with Gasteiger partial charge in [0, 0.05) is 42.9 Å². The molecule has 0 amide bonds. The van der Waals surface area contributed by atoms with Crippen LogP contribution in [0, 0.1) is 17.2 Å². The van der Waals surface area contributed by atoms with E-state index in [9.17, 15) is 5.26 Å². The van der Waals surface area contributed by atoms with Gasteiger partial charge in [0.25, 0.3) is 0 Å². The van der Waals surface area contributed by atoms with E-state index in [-0.39, 0.29) is 0 Å². The highest BCUT2D eigenvalue weighted by Gasteiger charge is 2.43. The van der Waals surface area contributed by atoms with Gasteiger partial charge >= 0.3 is 0 Å². The third kappa shape index (κ3) is 4.44. The number of quaternary nitrogens is 1. The Morgan fingerprint density at radius 1 is 1.26 bits per heavy atom. The van der Waals surface area contributed by atoms with Crippen LogP contribution in [0.3, 0.4) is 0 Å². The van der Waals surface area contributed by atoms with Crippen LogP contribution in [0.2, 0.25) is 0 Å². The number of pyridine rings is 2. The van der Waals surface area contributed by atoms with Gasteiger partial charge in [-0.1, -0.05) is 11.8 Å². The second-order valence-electron chi connectivity index (χ2n) is 9.79. The summed E-state index contributed by atoms with van der Waals surface area (Å²) in [4.78, 5) is 12.0. The maximum atomic E-state index is 9.74. The molecule has 7 rings (SSSR count). The number of nitrogens with one attached hydrogen (secondary N) is 2. The Labute approximate surface area is 209 Å². The number of nitriles is 1. The maximum absolute atomic E-state index is 9.74. The van der Waals surface area contributed by atoms with Crippen molar-refractivity contribution in [3.8, 4) is 17.6 Å². The van der Waals surface area contributed by atoms with Gasteiger partial charge in [0.15, 0.2) is 5.75 Å². The van der Waals surface area contributed by atoms with Crippen LogP contribution in [0.25, 0.3) is 10.9 Å². The number of ether oxygens (including phenoxy) is 2. The van der Waals surface area contributed by atoms with E-state index in [4.69, 9.17) is 9.47 Å². The summed E-state index contributed by atoms with van der Waals surface area (Å²) >= 11 is 1.74. The number of benzene rings is 1. The largest absolute Gasteiger partial charge is 0.497 e. The molecule has 3 aromatic rings. The number of nitrogens with zero attached hydrogens (tertiary/aromatic N) is 3. The number of piperidine rings is 2. The zero-order valence-electron chi connectivity index (χ0n) is 19.9. The molecule has 3 aliphatic heterocycles. The van der Waals surface area contributed by atoms with Gasteiger partial charge in [-0.2, -0.15) is 5.26 Å². The molecule has 180 valence electrons. The van der Waals surface area contributed by atoms with E-state index in [1.54, 1.807) is 30.0 Å². The van der Waals surface area contributed by atoms with Crippen LogP contribution in [-0.2, 0) is 13.0 Å². The average molecular weight is 489 g/mol. The number of hydrogen-bond donors (Lipinski definition) is 2. The van der Waals surface area contributed by atoms with Crippen molar-refractivity contribution in [3.05, 3.63) is 53.5 Å². The molecule has 3 unspecified atom stereocenters.